The van der Waals surface area contributed by atoms with Crippen molar-refractivity contribution in [1.82, 2.24) is 10.2 Å². The van der Waals surface area contributed by atoms with E-state index in [1.807, 2.05) is 0 Å². The van der Waals surface area contributed by atoms with Crippen molar-refractivity contribution >= 4 is 0 Å². The number of benzene rings is 1. The van der Waals surface area contributed by atoms with E-state index in [4.69, 9.17) is 0 Å². The van der Waals surface area contributed by atoms with Crippen molar-refractivity contribution in [2.75, 3.05) is 13.1 Å². The number of hydrogen-bond donors (Lipinski definition) is 1. The topological polar surface area (TPSA) is 15.3 Å². The molecule has 2 heteroatoms. The molecule has 3 rings (SSSR count). The molecule has 116 valence electrons. The van der Waals surface area contributed by atoms with Crippen molar-refractivity contribution in [1.29, 1.82) is 0 Å². The van der Waals surface area contributed by atoms with Crippen LogP contribution in [-0.4, -0.2) is 24.0 Å². The van der Waals surface area contributed by atoms with Crippen LogP contribution in [0.4, 0.5) is 0 Å². The number of rotatable bonds is 5. The second-order valence-corrected chi connectivity index (χ2v) is 7.29. The van der Waals surface area contributed by atoms with Crippen LogP contribution in [0.2, 0.25) is 0 Å². The summed E-state index contributed by atoms with van der Waals surface area (Å²) in [6.45, 7) is 9.25. The number of hydrogen-bond acceptors (Lipinski definition) is 2. The van der Waals surface area contributed by atoms with E-state index in [0.717, 1.165) is 31.6 Å². The van der Waals surface area contributed by atoms with Crippen LogP contribution in [0.25, 0.3) is 0 Å². The van der Waals surface area contributed by atoms with Gasteiger partial charge in [0.05, 0.1) is 0 Å². The normalized spacial score (nSPS) is 19.4. The van der Waals surface area contributed by atoms with Gasteiger partial charge in [-0.3, -0.25) is 4.90 Å². The highest BCUT2D eigenvalue weighted by atomic mass is 15.2. The predicted octanol–water partition coefficient (Wildman–Crippen LogP) is 3.73. The molecule has 0 unspecified atom stereocenters. The number of nitrogens with zero attached hydrogens (tertiary/aromatic N) is 1. The fourth-order valence-corrected chi connectivity index (χ4v) is 3.95. The summed E-state index contributed by atoms with van der Waals surface area (Å²) in [7, 11) is 0. The zero-order valence-electron chi connectivity index (χ0n) is 13.7. The third-order valence-corrected chi connectivity index (χ3v) is 4.98. The van der Waals surface area contributed by atoms with Gasteiger partial charge in [-0.2, -0.15) is 0 Å². The molecule has 0 saturated heterocycles. The van der Waals surface area contributed by atoms with Gasteiger partial charge in [0.15, 0.2) is 0 Å². The Bertz CT molecular complexity index is 461. The molecule has 2 aliphatic rings. The lowest BCUT2D eigenvalue weighted by molar-refractivity contribution is 0.168. The lowest BCUT2D eigenvalue weighted by Gasteiger charge is -2.31. The molecular weight excluding hydrogens is 256 g/mol. The molecule has 1 N–H and O–H groups in total. The first-order valence-corrected chi connectivity index (χ1v) is 8.78. The smallest absolute Gasteiger partial charge is 0.0236 e. The van der Waals surface area contributed by atoms with Gasteiger partial charge < -0.3 is 5.32 Å². The van der Waals surface area contributed by atoms with Crippen molar-refractivity contribution in [3.05, 3.63) is 34.9 Å². The lowest BCUT2D eigenvalue weighted by atomic mass is 9.98. The summed E-state index contributed by atoms with van der Waals surface area (Å²) in [6, 6.07) is 8.01. The van der Waals surface area contributed by atoms with E-state index in [1.54, 1.807) is 5.56 Å². The Labute approximate surface area is 129 Å². The van der Waals surface area contributed by atoms with Crippen LogP contribution in [0.5, 0.6) is 0 Å². The molecule has 1 aromatic carbocycles. The van der Waals surface area contributed by atoms with Gasteiger partial charge in [-0.1, -0.05) is 44.9 Å². The van der Waals surface area contributed by atoms with E-state index < -0.39 is 0 Å². The van der Waals surface area contributed by atoms with E-state index in [0.29, 0.717) is 0 Å². The minimum atomic E-state index is 0.755. The van der Waals surface area contributed by atoms with Crippen molar-refractivity contribution in [2.45, 2.75) is 65.1 Å². The summed E-state index contributed by atoms with van der Waals surface area (Å²) in [6.07, 6.45) is 6.84. The molecule has 1 aromatic rings. The Hall–Kier alpha value is -0.860. The van der Waals surface area contributed by atoms with Crippen LogP contribution >= 0.6 is 0 Å². The molecule has 1 aliphatic carbocycles. The van der Waals surface area contributed by atoms with Crippen molar-refractivity contribution in [2.24, 2.45) is 5.92 Å². The zero-order valence-corrected chi connectivity index (χ0v) is 13.7. The van der Waals surface area contributed by atoms with Crippen molar-refractivity contribution < 1.29 is 0 Å². The molecule has 0 spiro atoms. The number of fused-ring (bicyclic) bond motifs is 1. The van der Waals surface area contributed by atoms with Gasteiger partial charge in [0.25, 0.3) is 0 Å². The van der Waals surface area contributed by atoms with E-state index in [-0.39, 0.29) is 0 Å². The number of nitrogens with one attached hydrogen (secondary N) is 1. The minimum absolute atomic E-state index is 0.755. The van der Waals surface area contributed by atoms with Crippen LogP contribution in [0.1, 0.15) is 56.2 Å². The van der Waals surface area contributed by atoms with E-state index >= 15 is 0 Å². The molecule has 0 atom stereocenters. The lowest BCUT2D eigenvalue weighted by Crippen LogP contribution is -2.35. The third-order valence-electron chi connectivity index (χ3n) is 4.98. The highest BCUT2D eigenvalue weighted by Gasteiger charge is 2.23. The van der Waals surface area contributed by atoms with Crippen LogP contribution < -0.4 is 5.32 Å². The summed E-state index contributed by atoms with van der Waals surface area (Å²) in [4.78, 5) is 2.75. The predicted molar refractivity (Wildman–Crippen MR) is 89.4 cm³/mol. The molecule has 1 saturated carbocycles. The summed E-state index contributed by atoms with van der Waals surface area (Å²) in [5.74, 6) is 0.755. The second kappa shape index (κ2) is 6.93. The molecule has 1 heterocycles. The maximum Gasteiger partial charge on any atom is 0.0236 e. The monoisotopic (exact) mass is 286 g/mol. The zero-order chi connectivity index (χ0) is 14.7. The van der Waals surface area contributed by atoms with Crippen LogP contribution in [-0.2, 0) is 19.5 Å². The SMILES string of the molecule is CC(C)CN(Cc1ccc2c(c1)CNCC2)C1CCCC1. The summed E-state index contributed by atoms with van der Waals surface area (Å²) in [5.41, 5.74) is 4.58. The molecule has 21 heavy (non-hydrogen) atoms. The van der Waals surface area contributed by atoms with Gasteiger partial charge in [0.1, 0.15) is 0 Å². The Morgan fingerprint density at radius 2 is 2.00 bits per heavy atom. The standard InChI is InChI=1S/C19H30N2/c1-15(2)13-21(19-5-3-4-6-19)14-16-7-8-17-9-10-20-12-18(17)11-16/h7-8,11,15,19-20H,3-6,9-10,12-14H2,1-2H3. The maximum absolute atomic E-state index is 3.50. The first kappa shape index (κ1) is 15.1. The quantitative estimate of drug-likeness (QED) is 0.887. The molecule has 0 amide bonds. The van der Waals surface area contributed by atoms with Crippen molar-refractivity contribution in [3.63, 3.8) is 0 Å². The minimum Gasteiger partial charge on any atom is -0.312 e. The Morgan fingerprint density at radius 3 is 2.76 bits per heavy atom. The Kier molecular flexibility index (Phi) is 4.97. The van der Waals surface area contributed by atoms with Crippen LogP contribution in [0.3, 0.4) is 0 Å². The average molecular weight is 286 g/mol. The van der Waals surface area contributed by atoms with Gasteiger partial charge in [-0.15, -0.1) is 0 Å². The summed E-state index contributed by atoms with van der Waals surface area (Å²) >= 11 is 0. The molecule has 0 radical (unpaired) electrons. The second-order valence-electron chi connectivity index (χ2n) is 7.29. The molecule has 2 nitrogen and oxygen atoms in total. The average Bonchev–Trinajstić information content (AvgIpc) is 3.00. The van der Waals surface area contributed by atoms with E-state index in [9.17, 15) is 0 Å². The molecule has 0 aromatic heterocycles. The van der Waals surface area contributed by atoms with E-state index in [1.165, 1.54) is 49.8 Å². The molecular formula is C19H30N2. The van der Waals surface area contributed by atoms with Gasteiger partial charge in [0, 0.05) is 25.7 Å². The highest BCUT2D eigenvalue weighted by molar-refractivity contribution is 5.33. The highest BCUT2D eigenvalue weighted by Crippen LogP contribution is 2.26. The van der Waals surface area contributed by atoms with Gasteiger partial charge >= 0.3 is 0 Å². The van der Waals surface area contributed by atoms with E-state index in [2.05, 4.69) is 42.3 Å². The molecule has 1 fully saturated rings. The fourth-order valence-electron chi connectivity index (χ4n) is 3.95. The summed E-state index contributed by atoms with van der Waals surface area (Å²) < 4.78 is 0. The summed E-state index contributed by atoms with van der Waals surface area (Å²) in [5, 5.41) is 3.50. The first-order chi connectivity index (χ1) is 10.2. The maximum atomic E-state index is 3.50. The molecule has 0 bridgehead atoms. The first-order valence-electron chi connectivity index (χ1n) is 8.78. The van der Waals surface area contributed by atoms with Gasteiger partial charge in [-0.05, 0) is 48.4 Å². The Balaban J connectivity index is 1.72. The van der Waals surface area contributed by atoms with Gasteiger partial charge in [0.2, 0.25) is 0 Å². The van der Waals surface area contributed by atoms with Gasteiger partial charge in [-0.25, -0.2) is 0 Å². The van der Waals surface area contributed by atoms with Crippen LogP contribution in [0, 0.1) is 5.92 Å². The fraction of sp³-hybridized carbons (Fsp3) is 0.684. The van der Waals surface area contributed by atoms with Crippen molar-refractivity contribution in [3.8, 4) is 0 Å². The third kappa shape index (κ3) is 3.87. The largest absolute Gasteiger partial charge is 0.312 e. The van der Waals surface area contributed by atoms with Crippen LogP contribution in [0.15, 0.2) is 18.2 Å². The molecule has 1 aliphatic heterocycles. The Morgan fingerprint density at radius 1 is 1.19 bits per heavy atom.